The number of halogens is 1. The smallest absolute Gasteiger partial charge is 0.240 e. The zero-order valence-corrected chi connectivity index (χ0v) is 10.4. The summed E-state index contributed by atoms with van der Waals surface area (Å²) in [5.74, 6) is -0.0656. The first-order valence-electron chi connectivity index (χ1n) is 4.51. The minimum absolute atomic E-state index is 0.0666. The first-order chi connectivity index (χ1) is 7.47. The quantitative estimate of drug-likeness (QED) is 0.616. The molecule has 0 fully saturated rings. The number of sulfonamides is 1. The Kier molecular flexibility index (Phi) is 4.57. The highest BCUT2D eigenvalue weighted by molar-refractivity contribution is 7.98. The van der Waals surface area contributed by atoms with Gasteiger partial charge in [0, 0.05) is 12.3 Å². The van der Waals surface area contributed by atoms with Gasteiger partial charge in [-0.2, -0.15) is 11.8 Å². The van der Waals surface area contributed by atoms with E-state index < -0.39 is 15.8 Å². The molecule has 90 valence electrons. The van der Waals surface area contributed by atoms with Gasteiger partial charge in [0.2, 0.25) is 10.0 Å². The van der Waals surface area contributed by atoms with Crippen LogP contribution in [0.3, 0.4) is 0 Å². The van der Waals surface area contributed by atoms with Crippen molar-refractivity contribution in [2.45, 2.75) is 4.90 Å². The molecule has 0 atom stereocenters. The van der Waals surface area contributed by atoms with Crippen LogP contribution in [0.25, 0.3) is 0 Å². The summed E-state index contributed by atoms with van der Waals surface area (Å²) in [5, 5.41) is 0. The fourth-order valence-electron chi connectivity index (χ4n) is 1.04. The fourth-order valence-corrected chi connectivity index (χ4v) is 2.52. The van der Waals surface area contributed by atoms with Crippen LogP contribution in [0.5, 0.6) is 0 Å². The number of rotatable bonds is 5. The average molecular weight is 264 g/mol. The summed E-state index contributed by atoms with van der Waals surface area (Å²) >= 11 is 1.52. The van der Waals surface area contributed by atoms with Crippen LogP contribution in [0, 0.1) is 5.82 Å². The Morgan fingerprint density at radius 3 is 2.75 bits per heavy atom. The van der Waals surface area contributed by atoms with E-state index in [0.29, 0.717) is 12.3 Å². The van der Waals surface area contributed by atoms with E-state index >= 15 is 0 Å². The third-order valence-electron chi connectivity index (χ3n) is 1.88. The Balaban J connectivity index is 2.86. The number of nitrogen functional groups attached to an aromatic ring is 1. The molecule has 7 heteroatoms. The summed E-state index contributed by atoms with van der Waals surface area (Å²) in [6.45, 7) is 0.315. The molecule has 16 heavy (non-hydrogen) atoms. The second kappa shape index (κ2) is 5.51. The van der Waals surface area contributed by atoms with Gasteiger partial charge in [-0.15, -0.1) is 0 Å². The molecule has 0 spiro atoms. The average Bonchev–Trinajstić information content (AvgIpc) is 2.22. The second-order valence-electron chi connectivity index (χ2n) is 3.07. The number of hydrogen-bond acceptors (Lipinski definition) is 4. The number of nitrogens with one attached hydrogen (secondary N) is 1. The van der Waals surface area contributed by atoms with Gasteiger partial charge in [0.05, 0.1) is 10.6 Å². The summed E-state index contributed by atoms with van der Waals surface area (Å²) in [6.07, 6.45) is 1.87. The third-order valence-corrected chi connectivity index (χ3v) is 3.95. The molecule has 1 aromatic rings. The van der Waals surface area contributed by atoms with E-state index in [1.165, 1.54) is 23.9 Å². The number of thioether (sulfide) groups is 1. The molecule has 0 aliphatic carbocycles. The van der Waals surface area contributed by atoms with Crippen LogP contribution in [0.4, 0.5) is 10.1 Å². The molecule has 0 unspecified atom stereocenters. The van der Waals surface area contributed by atoms with Gasteiger partial charge >= 0.3 is 0 Å². The fraction of sp³-hybridized carbons (Fsp3) is 0.333. The molecule has 0 radical (unpaired) electrons. The molecule has 1 rings (SSSR count). The lowest BCUT2D eigenvalue weighted by atomic mass is 10.3. The molecule has 0 aliphatic heterocycles. The highest BCUT2D eigenvalue weighted by Crippen LogP contribution is 2.15. The maximum absolute atomic E-state index is 13.1. The van der Waals surface area contributed by atoms with Crippen LogP contribution >= 0.6 is 11.8 Å². The predicted octanol–water partition coefficient (Wildman–Crippen LogP) is 1.05. The summed E-state index contributed by atoms with van der Waals surface area (Å²) in [5.41, 5.74) is 5.19. The Morgan fingerprint density at radius 1 is 1.50 bits per heavy atom. The van der Waals surface area contributed by atoms with Crippen molar-refractivity contribution >= 4 is 27.5 Å². The van der Waals surface area contributed by atoms with Gasteiger partial charge in [-0.1, -0.05) is 0 Å². The lowest BCUT2D eigenvalue weighted by Gasteiger charge is -2.06. The molecule has 0 heterocycles. The Morgan fingerprint density at radius 2 is 2.19 bits per heavy atom. The summed E-state index contributed by atoms with van der Waals surface area (Å²) in [7, 11) is -3.63. The second-order valence-corrected chi connectivity index (χ2v) is 5.83. The van der Waals surface area contributed by atoms with Crippen molar-refractivity contribution in [3.63, 3.8) is 0 Å². The minimum atomic E-state index is -3.63. The largest absolute Gasteiger partial charge is 0.396 e. The van der Waals surface area contributed by atoms with Crippen LogP contribution < -0.4 is 10.5 Å². The van der Waals surface area contributed by atoms with Crippen molar-refractivity contribution in [3.05, 3.63) is 24.0 Å². The standard InChI is InChI=1S/C9H13FN2O2S2/c1-15-5-4-12-16(13,14)7-2-3-9(11)8(10)6-7/h2-3,6,12H,4-5,11H2,1H3. The van der Waals surface area contributed by atoms with Crippen LogP contribution in [0.2, 0.25) is 0 Å². The van der Waals surface area contributed by atoms with Crippen molar-refractivity contribution in [1.82, 2.24) is 4.72 Å². The topological polar surface area (TPSA) is 72.2 Å². The highest BCUT2D eigenvalue weighted by atomic mass is 32.2. The molecule has 0 saturated heterocycles. The summed E-state index contributed by atoms with van der Waals surface area (Å²) < 4.78 is 38.7. The van der Waals surface area contributed by atoms with E-state index in [0.717, 1.165) is 6.07 Å². The van der Waals surface area contributed by atoms with Crippen molar-refractivity contribution < 1.29 is 12.8 Å². The van der Waals surface area contributed by atoms with E-state index in [4.69, 9.17) is 5.73 Å². The molecule has 1 aromatic carbocycles. The Hall–Kier alpha value is -0.790. The van der Waals surface area contributed by atoms with E-state index in [2.05, 4.69) is 4.72 Å². The molecular weight excluding hydrogens is 251 g/mol. The lowest BCUT2D eigenvalue weighted by molar-refractivity contribution is 0.580. The third kappa shape index (κ3) is 3.36. The molecule has 4 nitrogen and oxygen atoms in total. The van der Waals surface area contributed by atoms with Crippen LogP contribution in [0.1, 0.15) is 0 Å². The SMILES string of the molecule is CSCCNS(=O)(=O)c1ccc(N)c(F)c1. The van der Waals surface area contributed by atoms with Gasteiger partial charge in [-0.25, -0.2) is 17.5 Å². The number of nitrogens with two attached hydrogens (primary N) is 1. The summed E-state index contributed by atoms with van der Waals surface area (Å²) in [6, 6.07) is 3.43. The maximum Gasteiger partial charge on any atom is 0.240 e. The molecule has 0 aromatic heterocycles. The minimum Gasteiger partial charge on any atom is -0.396 e. The Bertz CT molecular complexity index is 463. The van der Waals surface area contributed by atoms with Crippen LogP contribution in [-0.4, -0.2) is 27.0 Å². The number of hydrogen-bond donors (Lipinski definition) is 2. The van der Waals surface area contributed by atoms with E-state index in [-0.39, 0.29) is 10.6 Å². The van der Waals surface area contributed by atoms with E-state index in [1.54, 1.807) is 0 Å². The zero-order chi connectivity index (χ0) is 12.2. The van der Waals surface area contributed by atoms with Crippen molar-refractivity contribution in [3.8, 4) is 0 Å². The number of benzene rings is 1. The van der Waals surface area contributed by atoms with Crippen LogP contribution in [-0.2, 0) is 10.0 Å². The first-order valence-corrected chi connectivity index (χ1v) is 7.38. The van der Waals surface area contributed by atoms with E-state index in [1.807, 2.05) is 6.26 Å². The van der Waals surface area contributed by atoms with Gasteiger partial charge in [-0.3, -0.25) is 0 Å². The molecule has 0 saturated carbocycles. The van der Waals surface area contributed by atoms with Gasteiger partial charge in [-0.05, 0) is 24.5 Å². The molecule has 0 amide bonds. The predicted molar refractivity (Wildman–Crippen MR) is 64.4 cm³/mol. The molecule has 3 N–H and O–H groups in total. The highest BCUT2D eigenvalue weighted by Gasteiger charge is 2.14. The van der Waals surface area contributed by atoms with Gasteiger partial charge < -0.3 is 5.73 Å². The maximum atomic E-state index is 13.1. The normalized spacial score (nSPS) is 11.6. The first kappa shape index (κ1) is 13.3. The van der Waals surface area contributed by atoms with Crippen molar-refractivity contribution in [1.29, 1.82) is 0 Å². The molecular formula is C9H13FN2O2S2. The van der Waals surface area contributed by atoms with Gasteiger partial charge in [0.15, 0.2) is 0 Å². The lowest BCUT2D eigenvalue weighted by Crippen LogP contribution is -2.26. The van der Waals surface area contributed by atoms with Gasteiger partial charge in [0.1, 0.15) is 5.82 Å². The van der Waals surface area contributed by atoms with Crippen molar-refractivity contribution in [2.75, 3.05) is 24.3 Å². The van der Waals surface area contributed by atoms with E-state index in [9.17, 15) is 12.8 Å². The van der Waals surface area contributed by atoms with Crippen LogP contribution in [0.15, 0.2) is 23.1 Å². The number of anilines is 1. The van der Waals surface area contributed by atoms with Gasteiger partial charge in [0.25, 0.3) is 0 Å². The molecule has 0 bridgehead atoms. The zero-order valence-electron chi connectivity index (χ0n) is 8.73. The monoisotopic (exact) mass is 264 g/mol. The van der Waals surface area contributed by atoms with Crippen molar-refractivity contribution in [2.24, 2.45) is 0 Å². The Labute approximate surface area is 98.5 Å². The molecule has 0 aliphatic rings. The summed E-state index contributed by atoms with van der Waals surface area (Å²) in [4.78, 5) is -0.111.